The average Bonchev–Trinajstić information content (AvgIpc) is 3.19. The molecule has 0 aliphatic heterocycles. The van der Waals surface area contributed by atoms with E-state index in [-0.39, 0.29) is 5.69 Å². The number of ether oxygens (including phenoxy) is 2. The summed E-state index contributed by atoms with van der Waals surface area (Å²) < 4.78 is 11.2. The largest absolute Gasteiger partial charge is 0.490 e. The molecule has 1 aromatic heterocycles. The number of benzene rings is 2. The number of hydrogen-bond acceptors (Lipinski definition) is 7. The van der Waals surface area contributed by atoms with Crippen LogP contribution in [0.5, 0.6) is 11.5 Å². The third-order valence-electron chi connectivity index (χ3n) is 4.08. The van der Waals surface area contributed by atoms with Gasteiger partial charge in [-0.3, -0.25) is 15.2 Å². The molecule has 0 unspecified atom stereocenters. The molecule has 2 aromatic carbocycles. The second-order valence-corrected chi connectivity index (χ2v) is 6.12. The van der Waals surface area contributed by atoms with Crippen LogP contribution in [0.3, 0.4) is 0 Å². The number of H-pyrrole nitrogens is 1. The summed E-state index contributed by atoms with van der Waals surface area (Å²) in [4.78, 5) is 14.9. The van der Waals surface area contributed by atoms with Gasteiger partial charge in [0, 0.05) is 42.4 Å². The maximum absolute atomic E-state index is 10.9. The van der Waals surface area contributed by atoms with Gasteiger partial charge < -0.3 is 14.8 Å². The standard InChI is InChI=1S/C20H23N5O4/c1-3-28-17-9-8-15(13-18(17)29-4-2)21-11-10-19-22-20(24-23-19)14-6-5-7-16(12-14)25(26)27/h5-9,12-13,21H,3-4,10-11H2,1-2H3,(H,22,23,24). The highest BCUT2D eigenvalue weighted by Gasteiger charge is 2.11. The Kier molecular flexibility index (Phi) is 6.62. The van der Waals surface area contributed by atoms with E-state index < -0.39 is 4.92 Å². The van der Waals surface area contributed by atoms with E-state index in [4.69, 9.17) is 9.47 Å². The molecule has 0 aliphatic rings. The van der Waals surface area contributed by atoms with Crippen LogP contribution in [0.25, 0.3) is 11.4 Å². The van der Waals surface area contributed by atoms with Gasteiger partial charge in [-0.15, -0.1) is 0 Å². The first-order valence-electron chi connectivity index (χ1n) is 9.40. The lowest BCUT2D eigenvalue weighted by atomic mass is 10.2. The van der Waals surface area contributed by atoms with Crippen molar-refractivity contribution in [1.29, 1.82) is 0 Å². The second-order valence-electron chi connectivity index (χ2n) is 6.12. The van der Waals surface area contributed by atoms with Crippen LogP contribution >= 0.6 is 0 Å². The van der Waals surface area contributed by atoms with Crippen molar-refractivity contribution in [3.8, 4) is 22.9 Å². The van der Waals surface area contributed by atoms with Crippen LogP contribution in [0.1, 0.15) is 19.7 Å². The van der Waals surface area contributed by atoms with Crippen LogP contribution in [0, 0.1) is 10.1 Å². The molecule has 9 nitrogen and oxygen atoms in total. The number of aromatic nitrogens is 3. The number of non-ortho nitro benzene ring substituents is 1. The summed E-state index contributed by atoms with van der Waals surface area (Å²) >= 11 is 0. The highest BCUT2D eigenvalue weighted by molar-refractivity contribution is 5.59. The summed E-state index contributed by atoms with van der Waals surface area (Å²) in [6.45, 7) is 5.62. The van der Waals surface area contributed by atoms with Gasteiger partial charge in [-0.05, 0) is 26.0 Å². The van der Waals surface area contributed by atoms with Gasteiger partial charge in [0.25, 0.3) is 5.69 Å². The Balaban J connectivity index is 1.61. The van der Waals surface area contributed by atoms with Gasteiger partial charge in [0.2, 0.25) is 0 Å². The summed E-state index contributed by atoms with van der Waals surface area (Å²) in [5.41, 5.74) is 1.52. The first-order valence-corrected chi connectivity index (χ1v) is 9.40. The fourth-order valence-electron chi connectivity index (χ4n) is 2.78. The number of anilines is 1. The number of aromatic amines is 1. The number of nitrogens with zero attached hydrogens (tertiary/aromatic N) is 3. The minimum Gasteiger partial charge on any atom is -0.490 e. The van der Waals surface area contributed by atoms with E-state index in [0.29, 0.717) is 49.1 Å². The van der Waals surface area contributed by atoms with E-state index in [1.54, 1.807) is 12.1 Å². The summed E-state index contributed by atoms with van der Waals surface area (Å²) in [7, 11) is 0. The van der Waals surface area contributed by atoms with Crippen LogP contribution in [0.4, 0.5) is 11.4 Å². The molecule has 0 amide bonds. The van der Waals surface area contributed by atoms with Crippen LogP contribution < -0.4 is 14.8 Å². The predicted molar refractivity (Wildman–Crippen MR) is 109 cm³/mol. The molecule has 0 aliphatic carbocycles. The van der Waals surface area contributed by atoms with Gasteiger partial charge in [-0.2, -0.15) is 5.10 Å². The fraction of sp³-hybridized carbons (Fsp3) is 0.300. The molecule has 0 saturated heterocycles. The molecule has 0 atom stereocenters. The van der Waals surface area contributed by atoms with Gasteiger partial charge in [0.05, 0.1) is 18.1 Å². The van der Waals surface area contributed by atoms with Crippen molar-refractivity contribution in [2.24, 2.45) is 0 Å². The lowest BCUT2D eigenvalue weighted by Crippen LogP contribution is -2.07. The lowest BCUT2D eigenvalue weighted by molar-refractivity contribution is -0.384. The Morgan fingerprint density at radius 2 is 1.90 bits per heavy atom. The highest BCUT2D eigenvalue weighted by atomic mass is 16.6. The number of nitro groups is 1. The van der Waals surface area contributed by atoms with Crippen LogP contribution in [-0.4, -0.2) is 39.9 Å². The number of rotatable bonds is 10. The van der Waals surface area contributed by atoms with E-state index in [1.165, 1.54) is 12.1 Å². The zero-order valence-corrected chi connectivity index (χ0v) is 16.3. The van der Waals surface area contributed by atoms with Crippen molar-refractivity contribution >= 4 is 11.4 Å². The topological polar surface area (TPSA) is 115 Å². The molecule has 1 heterocycles. The zero-order chi connectivity index (χ0) is 20.6. The number of nitrogens with one attached hydrogen (secondary N) is 2. The molecule has 152 valence electrons. The quantitative estimate of drug-likeness (QED) is 0.394. The summed E-state index contributed by atoms with van der Waals surface area (Å²) in [6.07, 6.45) is 0.610. The zero-order valence-electron chi connectivity index (χ0n) is 16.3. The van der Waals surface area contributed by atoms with E-state index in [1.807, 2.05) is 32.0 Å². The first kappa shape index (κ1) is 20.1. The van der Waals surface area contributed by atoms with Gasteiger partial charge in [0.1, 0.15) is 5.82 Å². The Labute approximate surface area is 168 Å². The maximum atomic E-state index is 10.9. The first-order chi connectivity index (χ1) is 14.1. The van der Waals surface area contributed by atoms with E-state index >= 15 is 0 Å². The van der Waals surface area contributed by atoms with Crippen molar-refractivity contribution in [2.75, 3.05) is 25.1 Å². The molecule has 0 spiro atoms. The molecule has 3 rings (SSSR count). The molecular formula is C20H23N5O4. The van der Waals surface area contributed by atoms with E-state index in [2.05, 4.69) is 20.5 Å². The Morgan fingerprint density at radius 1 is 1.10 bits per heavy atom. The second kappa shape index (κ2) is 9.54. The highest BCUT2D eigenvalue weighted by Crippen LogP contribution is 2.30. The number of nitro benzene ring substituents is 1. The summed E-state index contributed by atoms with van der Waals surface area (Å²) in [5.74, 6) is 2.54. The van der Waals surface area contributed by atoms with Crippen molar-refractivity contribution in [3.63, 3.8) is 0 Å². The van der Waals surface area contributed by atoms with E-state index in [0.717, 1.165) is 11.4 Å². The Morgan fingerprint density at radius 3 is 2.66 bits per heavy atom. The minimum absolute atomic E-state index is 0.0103. The molecule has 0 bridgehead atoms. The molecular weight excluding hydrogens is 374 g/mol. The molecule has 3 aromatic rings. The van der Waals surface area contributed by atoms with Crippen molar-refractivity contribution in [1.82, 2.24) is 15.2 Å². The number of hydrogen-bond donors (Lipinski definition) is 2. The summed E-state index contributed by atoms with van der Waals surface area (Å²) in [6, 6.07) is 12.0. The maximum Gasteiger partial charge on any atom is 0.270 e. The SMILES string of the molecule is CCOc1ccc(NCCc2nc(-c3cccc([N+](=O)[O-])c3)n[nH]2)cc1OCC. The van der Waals surface area contributed by atoms with Crippen LogP contribution in [0.2, 0.25) is 0 Å². The van der Waals surface area contributed by atoms with Gasteiger partial charge in [0.15, 0.2) is 17.3 Å². The fourth-order valence-corrected chi connectivity index (χ4v) is 2.78. The Hall–Kier alpha value is -3.62. The van der Waals surface area contributed by atoms with Crippen molar-refractivity contribution in [2.45, 2.75) is 20.3 Å². The Bertz CT molecular complexity index is 973. The van der Waals surface area contributed by atoms with Crippen molar-refractivity contribution in [3.05, 3.63) is 58.4 Å². The van der Waals surface area contributed by atoms with Gasteiger partial charge in [-0.25, -0.2) is 4.98 Å². The molecule has 29 heavy (non-hydrogen) atoms. The minimum atomic E-state index is -0.436. The predicted octanol–water partition coefficient (Wildman–Crippen LogP) is 3.83. The molecule has 0 saturated carbocycles. The third kappa shape index (κ3) is 5.22. The molecule has 0 radical (unpaired) electrons. The molecule has 0 fully saturated rings. The van der Waals surface area contributed by atoms with Crippen LogP contribution in [-0.2, 0) is 6.42 Å². The smallest absolute Gasteiger partial charge is 0.270 e. The van der Waals surface area contributed by atoms with Crippen LogP contribution in [0.15, 0.2) is 42.5 Å². The van der Waals surface area contributed by atoms with Gasteiger partial charge in [-0.1, -0.05) is 12.1 Å². The van der Waals surface area contributed by atoms with E-state index in [9.17, 15) is 10.1 Å². The summed E-state index contributed by atoms with van der Waals surface area (Å²) in [5, 5.41) is 21.3. The lowest BCUT2D eigenvalue weighted by Gasteiger charge is -2.13. The average molecular weight is 397 g/mol. The normalized spacial score (nSPS) is 10.6. The molecule has 9 heteroatoms. The monoisotopic (exact) mass is 397 g/mol. The van der Waals surface area contributed by atoms with Crippen molar-refractivity contribution < 1.29 is 14.4 Å². The van der Waals surface area contributed by atoms with Gasteiger partial charge >= 0.3 is 0 Å². The third-order valence-corrected chi connectivity index (χ3v) is 4.08. The molecule has 2 N–H and O–H groups in total.